The average molecular weight is 349 g/mol. The zero-order valence-corrected chi connectivity index (χ0v) is 14.5. The Morgan fingerprint density at radius 1 is 0.895 bits per heavy atom. The molecule has 0 aromatic carbocycles. The van der Waals surface area contributed by atoms with E-state index in [-0.39, 0.29) is 0 Å². The molecule has 0 saturated carbocycles. The summed E-state index contributed by atoms with van der Waals surface area (Å²) in [6, 6.07) is 3.74. The van der Waals surface area contributed by atoms with Crippen LogP contribution in [-0.2, 0) is 9.47 Å². The lowest BCUT2D eigenvalue weighted by atomic mass is 10.3. The van der Waals surface area contributed by atoms with Crippen molar-refractivity contribution in [2.24, 2.45) is 0 Å². The van der Waals surface area contributed by atoms with Crippen LogP contribution in [0.3, 0.4) is 0 Å². The summed E-state index contributed by atoms with van der Waals surface area (Å²) in [6.45, 7) is 4.74. The third kappa shape index (κ3) is 4.61. The van der Waals surface area contributed by atoms with Gasteiger partial charge in [0.2, 0.25) is 10.1 Å². The second kappa shape index (κ2) is 8.06. The summed E-state index contributed by atoms with van der Waals surface area (Å²) in [7, 11) is 0. The Balaban J connectivity index is 2.82. The quantitative estimate of drug-likeness (QED) is 0.569. The molecule has 0 saturated heterocycles. The minimum Gasteiger partial charge on any atom is -0.483 e. The second-order valence-electron chi connectivity index (χ2n) is 3.26. The van der Waals surface area contributed by atoms with Gasteiger partial charge in [0.05, 0.1) is 23.0 Å². The molecular weight excluding hydrogens is 336 g/mol. The Bertz CT molecular complexity index is 473. The second-order valence-corrected chi connectivity index (χ2v) is 5.90. The van der Waals surface area contributed by atoms with Gasteiger partial charge in [-0.05, 0) is 50.4 Å². The van der Waals surface area contributed by atoms with Crippen molar-refractivity contribution in [1.82, 2.24) is 0 Å². The van der Waals surface area contributed by atoms with E-state index in [1.165, 1.54) is 11.3 Å². The molecule has 1 aromatic rings. The number of ether oxygens (including phenoxy) is 2. The van der Waals surface area contributed by atoms with Crippen molar-refractivity contribution in [3.05, 3.63) is 21.9 Å². The van der Waals surface area contributed by atoms with Gasteiger partial charge in [-0.25, -0.2) is 0 Å². The fourth-order valence-corrected chi connectivity index (χ4v) is 3.15. The molecule has 0 radical (unpaired) electrons. The topological polar surface area (TPSA) is 18.5 Å². The summed E-state index contributed by atoms with van der Waals surface area (Å²) < 4.78 is 10.5. The lowest BCUT2D eigenvalue weighted by Crippen LogP contribution is -2.13. The minimum absolute atomic E-state index is 0.337. The number of thiocarbonyl (C=S) groups is 4. The number of hydrogen-bond acceptors (Lipinski definition) is 7. The lowest BCUT2D eigenvalue weighted by molar-refractivity contribution is 0.343. The molecule has 102 valence electrons. The first-order valence-electron chi connectivity index (χ1n) is 5.54. The fraction of sp³-hybridized carbons (Fsp3) is 0.333. The van der Waals surface area contributed by atoms with E-state index >= 15 is 0 Å². The van der Waals surface area contributed by atoms with E-state index < -0.39 is 0 Å². The largest absolute Gasteiger partial charge is 0.483 e. The molecule has 19 heavy (non-hydrogen) atoms. The Hall–Kier alpha value is -0.340. The molecule has 0 unspecified atom stereocenters. The van der Waals surface area contributed by atoms with Gasteiger partial charge in [-0.2, -0.15) is 0 Å². The van der Waals surface area contributed by atoms with Crippen molar-refractivity contribution < 1.29 is 9.47 Å². The molecule has 0 amide bonds. The highest BCUT2D eigenvalue weighted by molar-refractivity contribution is 7.90. The Labute approximate surface area is 138 Å². The van der Waals surface area contributed by atoms with Crippen LogP contribution < -0.4 is 0 Å². The van der Waals surface area contributed by atoms with Crippen molar-refractivity contribution in [3.63, 3.8) is 0 Å². The maximum Gasteiger partial charge on any atom is 0.203 e. The van der Waals surface area contributed by atoms with Crippen LogP contribution in [0.5, 0.6) is 0 Å². The van der Waals surface area contributed by atoms with Gasteiger partial charge in [0, 0.05) is 0 Å². The van der Waals surface area contributed by atoms with E-state index in [2.05, 4.69) is 0 Å². The third-order valence-electron chi connectivity index (χ3n) is 1.98. The number of hydrogen-bond donors (Lipinski definition) is 0. The Morgan fingerprint density at radius 3 is 1.58 bits per heavy atom. The number of thiophene rings is 1. The highest BCUT2D eigenvalue weighted by Gasteiger charge is 2.15. The first-order valence-corrected chi connectivity index (χ1v) is 7.98. The van der Waals surface area contributed by atoms with Crippen molar-refractivity contribution >= 4 is 80.0 Å². The van der Waals surface area contributed by atoms with Crippen LogP contribution in [0.15, 0.2) is 12.1 Å². The van der Waals surface area contributed by atoms with Crippen LogP contribution in [0.4, 0.5) is 0 Å². The highest BCUT2D eigenvalue weighted by Crippen LogP contribution is 2.20. The van der Waals surface area contributed by atoms with Crippen LogP contribution in [-0.4, -0.2) is 33.0 Å². The first-order chi connectivity index (χ1) is 9.01. The average Bonchev–Trinajstić information content (AvgIpc) is 2.87. The molecule has 0 spiro atoms. The van der Waals surface area contributed by atoms with Gasteiger partial charge in [-0.1, -0.05) is 24.4 Å². The van der Waals surface area contributed by atoms with Crippen LogP contribution in [0.1, 0.15) is 23.6 Å². The van der Waals surface area contributed by atoms with Crippen LogP contribution in [0, 0.1) is 0 Å². The molecule has 0 aliphatic rings. The summed E-state index contributed by atoms with van der Waals surface area (Å²) >= 11 is 22.1. The Morgan fingerprint density at radius 2 is 1.26 bits per heavy atom. The maximum atomic E-state index is 5.26. The third-order valence-corrected chi connectivity index (χ3v) is 5.07. The van der Waals surface area contributed by atoms with Crippen molar-refractivity contribution in [3.8, 4) is 0 Å². The van der Waals surface area contributed by atoms with E-state index in [1.54, 1.807) is 0 Å². The molecule has 0 aliphatic heterocycles. The van der Waals surface area contributed by atoms with E-state index in [0.29, 0.717) is 33.0 Å². The molecule has 0 bridgehead atoms. The summed E-state index contributed by atoms with van der Waals surface area (Å²) in [5.41, 5.74) is 0. The summed E-state index contributed by atoms with van der Waals surface area (Å²) in [5.74, 6) is 0. The smallest absolute Gasteiger partial charge is 0.203 e. The molecule has 1 aromatic heterocycles. The van der Waals surface area contributed by atoms with E-state index in [1.807, 2.05) is 26.0 Å². The Kier molecular flexibility index (Phi) is 7.09. The molecule has 7 heteroatoms. The van der Waals surface area contributed by atoms with Crippen LogP contribution in [0.25, 0.3) is 0 Å². The van der Waals surface area contributed by atoms with Crippen molar-refractivity contribution in [1.29, 1.82) is 0 Å². The monoisotopic (exact) mass is 348 g/mol. The maximum absolute atomic E-state index is 5.26. The molecule has 1 rings (SSSR count). The van der Waals surface area contributed by atoms with Gasteiger partial charge >= 0.3 is 0 Å². The van der Waals surface area contributed by atoms with E-state index in [9.17, 15) is 0 Å². The zero-order valence-electron chi connectivity index (χ0n) is 10.4. The van der Waals surface area contributed by atoms with E-state index in [4.69, 9.17) is 58.3 Å². The molecule has 0 fully saturated rings. The van der Waals surface area contributed by atoms with Gasteiger partial charge in [-0.15, -0.1) is 11.3 Å². The van der Waals surface area contributed by atoms with Crippen LogP contribution in [0.2, 0.25) is 0 Å². The molecule has 0 aliphatic carbocycles. The standard InChI is InChI=1S/C12H12O2S5/c1-3-13-11(17)9(15)7-5-6-8(19-7)10(16)12(18)14-4-2/h5-6H,3-4H2,1-2H3. The van der Waals surface area contributed by atoms with Gasteiger partial charge in [0.15, 0.2) is 0 Å². The zero-order chi connectivity index (χ0) is 14.4. The van der Waals surface area contributed by atoms with Gasteiger partial charge in [0.25, 0.3) is 0 Å². The van der Waals surface area contributed by atoms with E-state index in [0.717, 1.165) is 9.75 Å². The fourth-order valence-electron chi connectivity index (χ4n) is 1.18. The molecule has 0 N–H and O–H groups in total. The lowest BCUT2D eigenvalue weighted by Gasteiger charge is -2.05. The molecule has 0 atom stereocenters. The molecule has 1 heterocycles. The highest BCUT2D eigenvalue weighted by atomic mass is 32.1. The van der Waals surface area contributed by atoms with Crippen molar-refractivity contribution in [2.45, 2.75) is 13.8 Å². The SMILES string of the molecule is CCOC(=S)C(=S)c1ccc(C(=S)C(=S)OCC)s1. The van der Waals surface area contributed by atoms with Gasteiger partial charge in [-0.3, -0.25) is 0 Å². The first kappa shape index (κ1) is 16.7. The number of rotatable bonds is 6. The normalized spacial score (nSPS) is 9.79. The molecular formula is C12H12O2S5. The predicted molar refractivity (Wildman–Crippen MR) is 96.2 cm³/mol. The minimum atomic E-state index is 0.337. The summed E-state index contributed by atoms with van der Waals surface area (Å²) in [4.78, 5) is 2.76. The van der Waals surface area contributed by atoms with Crippen LogP contribution >= 0.6 is 60.2 Å². The summed E-state index contributed by atoms with van der Waals surface area (Å²) in [6.07, 6.45) is 0. The van der Waals surface area contributed by atoms with Crippen molar-refractivity contribution in [2.75, 3.05) is 13.2 Å². The van der Waals surface area contributed by atoms with Gasteiger partial charge < -0.3 is 9.47 Å². The molecule has 2 nitrogen and oxygen atoms in total. The van der Waals surface area contributed by atoms with Gasteiger partial charge in [0.1, 0.15) is 9.73 Å². The summed E-state index contributed by atoms with van der Waals surface area (Å²) in [5, 5.41) is 0.674. The predicted octanol–water partition coefficient (Wildman–Crippen LogP) is 3.91.